The summed E-state index contributed by atoms with van der Waals surface area (Å²) < 4.78 is 5.09. The zero-order chi connectivity index (χ0) is 17.6. The Morgan fingerprint density at radius 1 is 1.08 bits per heavy atom. The maximum absolute atomic E-state index is 12.7. The van der Waals surface area contributed by atoms with Gasteiger partial charge in [-0.1, -0.05) is 48.5 Å². The summed E-state index contributed by atoms with van der Waals surface area (Å²) in [4.78, 5) is 19.0. The SMILES string of the molecule is COCC(=O)N(Cc1ccnc2ccccc12)C(C)c1ccccc1. The molecule has 1 aromatic heterocycles. The van der Waals surface area contributed by atoms with Crippen LogP contribution in [0.5, 0.6) is 0 Å². The van der Waals surface area contributed by atoms with Crippen molar-refractivity contribution < 1.29 is 9.53 Å². The van der Waals surface area contributed by atoms with Gasteiger partial charge in [0.25, 0.3) is 0 Å². The predicted octanol–water partition coefficient (Wildman–Crippen LogP) is 3.97. The molecule has 0 saturated heterocycles. The van der Waals surface area contributed by atoms with Gasteiger partial charge in [-0.05, 0) is 30.2 Å². The van der Waals surface area contributed by atoms with Crippen molar-refractivity contribution in [3.05, 3.63) is 78.0 Å². The first-order valence-electron chi connectivity index (χ1n) is 8.36. The van der Waals surface area contributed by atoms with Gasteiger partial charge in [-0.15, -0.1) is 0 Å². The number of methoxy groups -OCH3 is 1. The molecule has 25 heavy (non-hydrogen) atoms. The molecule has 0 fully saturated rings. The molecule has 0 spiro atoms. The molecular weight excluding hydrogens is 312 g/mol. The van der Waals surface area contributed by atoms with Crippen molar-refractivity contribution in [2.24, 2.45) is 0 Å². The molecule has 0 bridgehead atoms. The van der Waals surface area contributed by atoms with Gasteiger partial charge in [0.1, 0.15) is 6.61 Å². The maximum atomic E-state index is 12.7. The summed E-state index contributed by atoms with van der Waals surface area (Å²) in [6, 6.07) is 20.0. The Bertz CT molecular complexity index is 843. The molecule has 0 saturated carbocycles. The lowest BCUT2D eigenvalue weighted by molar-refractivity contribution is -0.138. The third-order valence-corrected chi connectivity index (χ3v) is 4.42. The smallest absolute Gasteiger partial charge is 0.249 e. The second kappa shape index (κ2) is 7.90. The number of nitrogens with zero attached hydrogens (tertiary/aromatic N) is 2. The molecule has 2 aromatic carbocycles. The molecule has 1 heterocycles. The number of pyridine rings is 1. The molecule has 4 heteroatoms. The van der Waals surface area contributed by atoms with E-state index in [1.165, 1.54) is 0 Å². The summed E-state index contributed by atoms with van der Waals surface area (Å²) in [7, 11) is 1.55. The number of fused-ring (bicyclic) bond motifs is 1. The van der Waals surface area contributed by atoms with Crippen molar-refractivity contribution in [3.63, 3.8) is 0 Å². The Labute approximate surface area is 148 Å². The zero-order valence-corrected chi connectivity index (χ0v) is 14.6. The topological polar surface area (TPSA) is 42.4 Å². The Morgan fingerprint density at radius 2 is 1.80 bits per heavy atom. The molecule has 4 nitrogen and oxygen atoms in total. The van der Waals surface area contributed by atoms with Crippen LogP contribution in [0.1, 0.15) is 24.1 Å². The summed E-state index contributed by atoms with van der Waals surface area (Å²) in [5.41, 5.74) is 3.12. The molecule has 1 atom stereocenters. The number of carbonyl (C=O) groups excluding carboxylic acids is 1. The van der Waals surface area contributed by atoms with Crippen LogP contribution in [0, 0.1) is 0 Å². The average Bonchev–Trinajstić information content (AvgIpc) is 2.66. The normalized spacial score (nSPS) is 12.1. The predicted molar refractivity (Wildman–Crippen MR) is 99.0 cm³/mol. The van der Waals surface area contributed by atoms with Crippen LogP contribution >= 0.6 is 0 Å². The number of benzene rings is 2. The van der Waals surface area contributed by atoms with Crippen LogP contribution in [0.25, 0.3) is 10.9 Å². The van der Waals surface area contributed by atoms with Gasteiger partial charge in [-0.3, -0.25) is 9.78 Å². The van der Waals surface area contributed by atoms with Gasteiger partial charge in [0.15, 0.2) is 0 Å². The maximum Gasteiger partial charge on any atom is 0.249 e. The molecule has 128 valence electrons. The number of carbonyl (C=O) groups is 1. The van der Waals surface area contributed by atoms with Gasteiger partial charge in [0.2, 0.25) is 5.91 Å². The van der Waals surface area contributed by atoms with Gasteiger partial charge in [-0.25, -0.2) is 0 Å². The summed E-state index contributed by atoms with van der Waals surface area (Å²) >= 11 is 0. The van der Waals surface area contributed by atoms with Crippen LogP contribution in [-0.2, 0) is 16.1 Å². The Morgan fingerprint density at radius 3 is 2.56 bits per heavy atom. The number of rotatable bonds is 6. The van der Waals surface area contributed by atoms with Crippen molar-refractivity contribution in [2.45, 2.75) is 19.5 Å². The first-order chi connectivity index (χ1) is 12.2. The van der Waals surface area contributed by atoms with E-state index in [1.54, 1.807) is 13.3 Å². The summed E-state index contributed by atoms with van der Waals surface area (Å²) in [6.07, 6.45) is 1.80. The highest BCUT2D eigenvalue weighted by Crippen LogP contribution is 2.25. The molecule has 0 aliphatic heterocycles. The van der Waals surface area contributed by atoms with Crippen LogP contribution < -0.4 is 0 Å². The third-order valence-electron chi connectivity index (χ3n) is 4.42. The molecule has 1 unspecified atom stereocenters. The van der Waals surface area contributed by atoms with E-state index in [0.29, 0.717) is 6.54 Å². The quantitative estimate of drug-likeness (QED) is 0.685. The fourth-order valence-corrected chi connectivity index (χ4v) is 3.04. The van der Waals surface area contributed by atoms with E-state index in [2.05, 4.69) is 4.98 Å². The molecule has 1 amide bonds. The van der Waals surface area contributed by atoms with Gasteiger partial charge < -0.3 is 9.64 Å². The third kappa shape index (κ3) is 3.86. The highest BCUT2D eigenvalue weighted by Gasteiger charge is 2.22. The van der Waals surface area contributed by atoms with E-state index in [9.17, 15) is 4.79 Å². The number of hydrogen-bond donors (Lipinski definition) is 0. The number of aromatic nitrogens is 1. The van der Waals surface area contributed by atoms with Crippen molar-refractivity contribution in [3.8, 4) is 0 Å². The minimum atomic E-state index is -0.0456. The monoisotopic (exact) mass is 334 g/mol. The highest BCUT2D eigenvalue weighted by atomic mass is 16.5. The van der Waals surface area contributed by atoms with Crippen molar-refractivity contribution >= 4 is 16.8 Å². The van der Waals surface area contributed by atoms with Crippen molar-refractivity contribution in [2.75, 3.05) is 13.7 Å². The van der Waals surface area contributed by atoms with Gasteiger partial charge in [0.05, 0.1) is 11.6 Å². The van der Waals surface area contributed by atoms with Gasteiger partial charge >= 0.3 is 0 Å². The molecule has 3 rings (SSSR count). The second-order valence-corrected chi connectivity index (χ2v) is 6.03. The summed E-state index contributed by atoms with van der Waals surface area (Å²) in [5, 5.41) is 1.07. The van der Waals surface area contributed by atoms with E-state index >= 15 is 0 Å². The molecule has 3 aromatic rings. The van der Waals surface area contributed by atoms with Crippen LogP contribution in [0.3, 0.4) is 0 Å². The fraction of sp³-hybridized carbons (Fsp3) is 0.238. The van der Waals surface area contributed by atoms with E-state index < -0.39 is 0 Å². The molecular formula is C21H22N2O2. The lowest BCUT2D eigenvalue weighted by atomic mass is 10.0. The van der Waals surface area contributed by atoms with Crippen molar-refractivity contribution in [1.82, 2.24) is 9.88 Å². The largest absolute Gasteiger partial charge is 0.375 e. The van der Waals surface area contributed by atoms with Crippen molar-refractivity contribution in [1.29, 1.82) is 0 Å². The lowest BCUT2D eigenvalue weighted by Crippen LogP contribution is -2.35. The minimum Gasteiger partial charge on any atom is -0.375 e. The average molecular weight is 334 g/mol. The highest BCUT2D eigenvalue weighted by molar-refractivity contribution is 5.83. The molecule has 0 aliphatic rings. The van der Waals surface area contributed by atoms with Crippen LogP contribution in [0.4, 0.5) is 0 Å². The first kappa shape index (κ1) is 17.1. The molecule has 0 radical (unpaired) electrons. The first-order valence-corrected chi connectivity index (χ1v) is 8.36. The van der Waals surface area contributed by atoms with Crippen LogP contribution in [-0.4, -0.2) is 29.5 Å². The van der Waals surface area contributed by atoms with E-state index in [-0.39, 0.29) is 18.6 Å². The van der Waals surface area contributed by atoms with Crippen LogP contribution in [0.2, 0.25) is 0 Å². The molecule has 0 aliphatic carbocycles. The van der Waals surface area contributed by atoms with Crippen LogP contribution in [0.15, 0.2) is 66.9 Å². The standard InChI is InChI=1S/C21H22N2O2/c1-16(17-8-4-3-5-9-17)23(21(24)15-25-2)14-18-12-13-22-20-11-7-6-10-19(18)20/h3-13,16H,14-15H2,1-2H3. The number of ether oxygens (including phenoxy) is 1. The summed E-state index contributed by atoms with van der Waals surface area (Å²) in [5.74, 6) is -0.0280. The summed E-state index contributed by atoms with van der Waals surface area (Å²) in [6.45, 7) is 2.63. The molecule has 0 N–H and O–H groups in total. The number of amides is 1. The minimum absolute atomic E-state index is 0.0280. The Hall–Kier alpha value is -2.72. The Balaban J connectivity index is 1.96. The number of para-hydroxylation sites is 1. The van der Waals surface area contributed by atoms with E-state index in [1.807, 2.05) is 72.5 Å². The lowest BCUT2D eigenvalue weighted by Gasteiger charge is -2.30. The fourth-order valence-electron chi connectivity index (χ4n) is 3.04. The second-order valence-electron chi connectivity index (χ2n) is 6.03. The Kier molecular flexibility index (Phi) is 5.41. The zero-order valence-electron chi connectivity index (χ0n) is 14.6. The van der Waals surface area contributed by atoms with E-state index in [0.717, 1.165) is 22.0 Å². The number of hydrogen-bond acceptors (Lipinski definition) is 3. The van der Waals surface area contributed by atoms with Gasteiger partial charge in [0, 0.05) is 25.2 Å². The van der Waals surface area contributed by atoms with E-state index in [4.69, 9.17) is 4.74 Å². The van der Waals surface area contributed by atoms with Gasteiger partial charge in [-0.2, -0.15) is 0 Å².